The highest BCUT2D eigenvalue weighted by Gasteiger charge is 2.11. The van der Waals surface area contributed by atoms with Gasteiger partial charge in [-0.1, -0.05) is 78.9 Å². The first-order chi connectivity index (χ1) is 14.2. The fourth-order valence-electron chi connectivity index (χ4n) is 2.87. The maximum atomic E-state index is 13.9. The molecule has 0 unspecified atom stereocenters. The van der Waals surface area contributed by atoms with E-state index in [2.05, 4.69) is 15.1 Å². The van der Waals surface area contributed by atoms with E-state index in [4.69, 9.17) is 0 Å². The normalized spacial score (nSPS) is 11.0. The van der Waals surface area contributed by atoms with Crippen LogP contribution in [0.3, 0.4) is 0 Å². The van der Waals surface area contributed by atoms with Gasteiger partial charge in [0.2, 0.25) is 5.95 Å². The zero-order chi connectivity index (χ0) is 20.1. The summed E-state index contributed by atoms with van der Waals surface area (Å²) in [5, 5.41) is 5.89. The Bertz CT molecular complexity index is 1070. The Labute approximate surface area is 169 Å². The van der Waals surface area contributed by atoms with Crippen molar-refractivity contribution in [1.29, 1.82) is 0 Å². The van der Waals surface area contributed by atoms with Gasteiger partial charge in [-0.25, -0.2) is 19.4 Å². The molecule has 0 atom stereocenters. The summed E-state index contributed by atoms with van der Waals surface area (Å²) in [5.74, 6) is 0.103. The summed E-state index contributed by atoms with van der Waals surface area (Å²) in [4.78, 5) is 9.34. The van der Waals surface area contributed by atoms with Crippen LogP contribution in [-0.2, 0) is 0 Å². The molecule has 5 heteroatoms. The van der Waals surface area contributed by atoms with E-state index in [0.29, 0.717) is 11.5 Å². The van der Waals surface area contributed by atoms with Crippen molar-refractivity contribution < 1.29 is 4.39 Å². The minimum absolute atomic E-state index is 0.325. The summed E-state index contributed by atoms with van der Waals surface area (Å²) < 4.78 is 13.9. The molecule has 0 saturated carbocycles. The van der Waals surface area contributed by atoms with Crippen molar-refractivity contribution in [2.75, 3.05) is 12.1 Å². The molecule has 29 heavy (non-hydrogen) atoms. The van der Waals surface area contributed by atoms with Crippen LogP contribution in [0.2, 0.25) is 0 Å². The fraction of sp³-hybridized carbons (Fsp3) is 0.0417. The van der Waals surface area contributed by atoms with Gasteiger partial charge in [0.1, 0.15) is 5.82 Å². The summed E-state index contributed by atoms with van der Waals surface area (Å²) >= 11 is 0. The summed E-state index contributed by atoms with van der Waals surface area (Å²) in [6, 6.07) is 28.3. The van der Waals surface area contributed by atoms with Crippen LogP contribution >= 0.6 is 0 Å². The van der Waals surface area contributed by atoms with Crippen molar-refractivity contribution >= 4 is 12.2 Å². The molecule has 3 aromatic carbocycles. The molecule has 1 heterocycles. The number of halogens is 1. The van der Waals surface area contributed by atoms with Gasteiger partial charge in [-0.2, -0.15) is 5.10 Å². The van der Waals surface area contributed by atoms with Gasteiger partial charge in [0, 0.05) is 23.7 Å². The second-order valence-electron chi connectivity index (χ2n) is 6.46. The third-order valence-corrected chi connectivity index (χ3v) is 4.42. The van der Waals surface area contributed by atoms with Gasteiger partial charge in [-0.05, 0) is 12.1 Å². The first kappa shape index (κ1) is 18.5. The molecule has 142 valence electrons. The second-order valence-corrected chi connectivity index (χ2v) is 6.46. The molecule has 0 bridgehead atoms. The lowest BCUT2D eigenvalue weighted by Crippen LogP contribution is -2.14. The number of hydrogen-bond donors (Lipinski definition) is 0. The van der Waals surface area contributed by atoms with E-state index in [9.17, 15) is 4.39 Å². The lowest BCUT2D eigenvalue weighted by Gasteiger charge is -2.14. The van der Waals surface area contributed by atoms with E-state index in [1.54, 1.807) is 30.3 Å². The second kappa shape index (κ2) is 8.44. The minimum Gasteiger partial charge on any atom is -0.235 e. The zero-order valence-electron chi connectivity index (χ0n) is 15.9. The average molecular weight is 382 g/mol. The third-order valence-electron chi connectivity index (χ3n) is 4.42. The predicted molar refractivity (Wildman–Crippen MR) is 115 cm³/mol. The maximum Gasteiger partial charge on any atom is 0.247 e. The van der Waals surface area contributed by atoms with Crippen LogP contribution in [0, 0.1) is 5.82 Å². The SMILES string of the molecule is CN(/N=C\c1ccccc1F)c1nc(-c2ccccc2)cc(-c2ccccc2)n1. The molecule has 0 spiro atoms. The topological polar surface area (TPSA) is 41.4 Å². The molecule has 0 aliphatic carbocycles. The third kappa shape index (κ3) is 4.35. The summed E-state index contributed by atoms with van der Waals surface area (Å²) in [6.07, 6.45) is 1.47. The summed E-state index contributed by atoms with van der Waals surface area (Å²) in [7, 11) is 1.75. The maximum absolute atomic E-state index is 13.9. The Morgan fingerprint density at radius 3 is 1.83 bits per heavy atom. The predicted octanol–water partition coefficient (Wildman–Crippen LogP) is 5.42. The summed E-state index contributed by atoms with van der Waals surface area (Å²) in [5.41, 5.74) is 3.96. The molecule has 1 aromatic heterocycles. The number of hydrazone groups is 1. The molecule has 0 saturated heterocycles. The molecule has 0 fully saturated rings. The van der Waals surface area contributed by atoms with Gasteiger partial charge >= 0.3 is 0 Å². The monoisotopic (exact) mass is 382 g/mol. The quantitative estimate of drug-likeness (QED) is 0.342. The molecule has 0 N–H and O–H groups in total. The first-order valence-electron chi connectivity index (χ1n) is 9.23. The Morgan fingerprint density at radius 1 is 0.759 bits per heavy atom. The molecule has 0 aliphatic rings. The van der Waals surface area contributed by atoms with Crippen LogP contribution in [0.25, 0.3) is 22.5 Å². The van der Waals surface area contributed by atoms with Crippen LogP contribution in [-0.4, -0.2) is 23.2 Å². The van der Waals surface area contributed by atoms with Crippen LogP contribution in [0.5, 0.6) is 0 Å². The highest BCUT2D eigenvalue weighted by atomic mass is 19.1. The number of rotatable bonds is 5. The van der Waals surface area contributed by atoms with Crippen LogP contribution in [0.15, 0.2) is 96.1 Å². The fourth-order valence-corrected chi connectivity index (χ4v) is 2.87. The highest BCUT2D eigenvalue weighted by molar-refractivity contribution is 5.80. The average Bonchev–Trinajstić information content (AvgIpc) is 2.79. The van der Waals surface area contributed by atoms with E-state index >= 15 is 0 Å². The Hall–Kier alpha value is -3.86. The molecular weight excluding hydrogens is 363 g/mol. The molecule has 0 radical (unpaired) electrons. The lowest BCUT2D eigenvalue weighted by molar-refractivity contribution is 0.626. The molecule has 0 amide bonds. The van der Waals surface area contributed by atoms with Crippen LogP contribution in [0.1, 0.15) is 5.56 Å². The number of nitrogens with zero attached hydrogens (tertiary/aromatic N) is 4. The van der Waals surface area contributed by atoms with E-state index in [-0.39, 0.29) is 5.82 Å². The number of benzene rings is 3. The Balaban J connectivity index is 1.75. The molecule has 0 aliphatic heterocycles. The van der Waals surface area contributed by atoms with E-state index in [1.807, 2.05) is 66.7 Å². The van der Waals surface area contributed by atoms with E-state index in [1.165, 1.54) is 12.3 Å². The van der Waals surface area contributed by atoms with Crippen molar-refractivity contribution in [3.8, 4) is 22.5 Å². The van der Waals surface area contributed by atoms with Gasteiger partial charge in [-0.15, -0.1) is 0 Å². The van der Waals surface area contributed by atoms with Crippen molar-refractivity contribution in [3.63, 3.8) is 0 Å². The lowest BCUT2D eigenvalue weighted by atomic mass is 10.1. The van der Waals surface area contributed by atoms with Crippen molar-refractivity contribution in [2.24, 2.45) is 5.10 Å². The number of aromatic nitrogens is 2. The molecular formula is C24H19FN4. The van der Waals surface area contributed by atoms with Gasteiger partial charge in [0.15, 0.2) is 0 Å². The standard InChI is InChI=1S/C24H19FN4/c1-29(26-17-20-14-8-9-15-21(20)25)24-27-22(18-10-4-2-5-11-18)16-23(28-24)19-12-6-3-7-13-19/h2-17H,1H3/b26-17-. The van der Waals surface area contributed by atoms with Crippen molar-refractivity contribution in [1.82, 2.24) is 9.97 Å². The Kier molecular flexibility index (Phi) is 5.38. The highest BCUT2D eigenvalue weighted by Crippen LogP contribution is 2.26. The Morgan fingerprint density at radius 2 is 1.28 bits per heavy atom. The van der Waals surface area contributed by atoms with Crippen LogP contribution in [0.4, 0.5) is 10.3 Å². The summed E-state index contributed by atoms with van der Waals surface area (Å²) in [6.45, 7) is 0. The minimum atomic E-state index is -0.325. The van der Waals surface area contributed by atoms with E-state index in [0.717, 1.165) is 22.5 Å². The van der Waals surface area contributed by atoms with Crippen molar-refractivity contribution in [3.05, 3.63) is 102 Å². The first-order valence-corrected chi connectivity index (χ1v) is 9.23. The van der Waals surface area contributed by atoms with Crippen molar-refractivity contribution in [2.45, 2.75) is 0 Å². The molecule has 4 rings (SSSR count). The molecule has 4 nitrogen and oxygen atoms in total. The smallest absolute Gasteiger partial charge is 0.235 e. The van der Waals surface area contributed by atoms with Crippen LogP contribution < -0.4 is 5.01 Å². The van der Waals surface area contributed by atoms with Gasteiger partial charge < -0.3 is 0 Å². The van der Waals surface area contributed by atoms with Gasteiger partial charge in [0.25, 0.3) is 0 Å². The number of hydrogen-bond acceptors (Lipinski definition) is 4. The largest absolute Gasteiger partial charge is 0.247 e. The molecule has 4 aromatic rings. The van der Waals surface area contributed by atoms with Gasteiger partial charge in [0.05, 0.1) is 17.6 Å². The van der Waals surface area contributed by atoms with E-state index < -0.39 is 0 Å². The zero-order valence-corrected chi connectivity index (χ0v) is 15.9. The van der Waals surface area contributed by atoms with Gasteiger partial charge in [-0.3, -0.25) is 0 Å². The number of anilines is 1.